The summed E-state index contributed by atoms with van der Waals surface area (Å²) in [4.78, 5) is 16.5. The van der Waals surface area contributed by atoms with Gasteiger partial charge in [0, 0.05) is 39.0 Å². The Morgan fingerprint density at radius 3 is 3.00 bits per heavy atom. The van der Waals surface area contributed by atoms with Crippen molar-refractivity contribution in [3.05, 3.63) is 18.3 Å². The average Bonchev–Trinajstić information content (AvgIpc) is 2.89. The smallest absolute Gasteiger partial charge is 0.225 e. The zero-order valence-electron chi connectivity index (χ0n) is 12.3. The van der Waals surface area contributed by atoms with Gasteiger partial charge in [-0.05, 0) is 31.4 Å². The van der Waals surface area contributed by atoms with Gasteiger partial charge in [0.15, 0.2) is 5.82 Å². The van der Waals surface area contributed by atoms with E-state index in [1.165, 1.54) is 0 Å². The number of hydrogen-bond donors (Lipinski definition) is 0. The van der Waals surface area contributed by atoms with Crippen LogP contribution in [0.5, 0.6) is 0 Å². The second-order valence-electron chi connectivity index (χ2n) is 5.64. The van der Waals surface area contributed by atoms with Crippen molar-refractivity contribution in [2.45, 2.75) is 31.8 Å². The van der Waals surface area contributed by atoms with E-state index >= 15 is 0 Å². The zero-order valence-corrected chi connectivity index (χ0v) is 12.3. The van der Waals surface area contributed by atoms with Crippen LogP contribution >= 0.6 is 0 Å². The summed E-state index contributed by atoms with van der Waals surface area (Å²) in [6.45, 7) is 4.11. The van der Waals surface area contributed by atoms with Crippen LogP contribution in [0.2, 0.25) is 0 Å². The monoisotopic (exact) mass is 290 g/mol. The molecule has 0 unspecified atom stereocenters. The fourth-order valence-corrected chi connectivity index (χ4v) is 2.99. The molecule has 0 saturated carbocycles. The molecule has 1 aromatic heterocycles. The minimum atomic E-state index is 0.136. The lowest BCUT2D eigenvalue weighted by molar-refractivity contribution is -0.133. The number of ether oxygens (including phenoxy) is 1. The lowest BCUT2D eigenvalue weighted by Crippen LogP contribution is -2.36. The molecule has 0 N–H and O–H groups in total. The molecule has 6 heteroatoms. The molecule has 0 aromatic carbocycles. The molecule has 3 heterocycles. The molecular weight excluding hydrogens is 268 g/mol. The van der Waals surface area contributed by atoms with Crippen molar-refractivity contribution in [2.24, 2.45) is 0 Å². The van der Waals surface area contributed by atoms with Crippen LogP contribution < -0.4 is 4.90 Å². The lowest BCUT2D eigenvalue weighted by Gasteiger charge is -2.23. The standard InChI is InChI=1S/C15H22N4O2/c20-15(12-13-4-2-11-21-13)19-8-3-7-18(9-10-19)14-5-1-6-16-17-14/h1,5-6,13H,2-4,7-12H2/t13-/m1/s1. The quantitative estimate of drug-likeness (QED) is 0.834. The van der Waals surface area contributed by atoms with Gasteiger partial charge in [-0.3, -0.25) is 4.79 Å². The predicted molar refractivity (Wildman–Crippen MR) is 79.0 cm³/mol. The Hall–Kier alpha value is -1.69. The Bertz CT molecular complexity index is 462. The van der Waals surface area contributed by atoms with Crippen molar-refractivity contribution in [2.75, 3.05) is 37.7 Å². The van der Waals surface area contributed by atoms with Gasteiger partial charge in [-0.15, -0.1) is 5.10 Å². The Kier molecular flexibility index (Phi) is 4.65. The normalized spacial score (nSPS) is 23.1. The van der Waals surface area contributed by atoms with Crippen molar-refractivity contribution in [3.63, 3.8) is 0 Å². The molecule has 0 spiro atoms. The van der Waals surface area contributed by atoms with Crippen molar-refractivity contribution < 1.29 is 9.53 Å². The predicted octanol–water partition coefficient (Wildman–Crippen LogP) is 1.08. The van der Waals surface area contributed by atoms with Crippen LogP contribution in [0, 0.1) is 0 Å². The molecule has 0 radical (unpaired) electrons. The first-order valence-electron chi connectivity index (χ1n) is 7.75. The van der Waals surface area contributed by atoms with Gasteiger partial charge in [-0.25, -0.2) is 0 Å². The van der Waals surface area contributed by atoms with Gasteiger partial charge in [0.1, 0.15) is 0 Å². The van der Waals surface area contributed by atoms with Crippen LogP contribution in [0.15, 0.2) is 18.3 Å². The second-order valence-corrected chi connectivity index (χ2v) is 5.64. The third kappa shape index (κ3) is 3.69. The van der Waals surface area contributed by atoms with Gasteiger partial charge < -0.3 is 14.5 Å². The number of anilines is 1. The van der Waals surface area contributed by atoms with E-state index in [0.29, 0.717) is 6.42 Å². The third-order valence-electron chi connectivity index (χ3n) is 4.16. The van der Waals surface area contributed by atoms with Gasteiger partial charge in [-0.1, -0.05) is 0 Å². The molecule has 2 saturated heterocycles. The van der Waals surface area contributed by atoms with Crippen LogP contribution in [0.3, 0.4) is 0 Å². The first-order valence-corrected chi connectivity index (χ1v) is 7.75. The second kappa shape index (κ2) is 6.85. The highest BCUT2D eigenvalue weighted by Crippen LogP contribution is 2.18. The molecule has 6 nitrogen and oxygen atoms in total. The number of rotatable bonds is 3. The number of carbonyl (C=O) groups excluding carboxylic acids is 1. The zero-order chi connectivity index (χ0) is 14.5. The molecule has 3 rings (SSSR count). The van der Waals surface area contributed by atoms with Crippen LogP contribution in [0.25, 0.3) is 0 Å². The summed E-state index contributed by atoms with van der Waals surface area (Å²) in [5.74, 6) is 1.12. The van der Waals surface area contributed by atoms with Crippen LogP contribution in [-0.4, -0.2) is 59.9 Å². The summed E-state index contributed by atoms with van der Waals surface area (Å²) in [6.07, 6.45) is 5.42. The van der Waals surface area contributed by atoms with E-state index in [1.807, 2.05) is 17.0 Å². The SMILES string of the molecule is O=C(C[C@H]1CCCO1)N1CCCN(c2cccnn2)CC1. The molecule has 1 aromatic rings. The molecular formula is C15H22N4O2. The van der Waals surface area contributed by atoms with E-state index in [-0.39, 0.29) is 12.0 Å². The van der Waals surface area contributed by atoms with E-state index in [9.17, 15) is 4.79 Å². The molecule has 1 atom stereocenters. The largest absolute Gasteiger partial charge is 0.378 e. The molecule has 0 bridgehead atoms. The summed E-state index contributed by atoms with van der Waals surface area (Å²) in [5.41, 5.74) is 0. The highest BCUT2D eigenvalue weighted by molar-refractivity contribution is 5.76. The summed E-state index contributed by atoms with van der Waals surface area (Å²) in [7, 11) is 0. The van der Waals surface area contributed by atoms with Gasteiger partial charge in [0.2, 0.25) is 5.91 Å². The third-order valence-corrected chi connectivity index (χ3v) is 4.16. The maximum absolute atomic E-state index is 12.3. The summed E-state index contributed by atoms with van der Waals surface area (Å²) in [6, 6.07) is 3.87. The summed E-state index contributed by atoms with van der Waals surface area (Å²) < 4.78 is 5.56. The van der Waals surface area contributed by atoms with Gasteiger partial charge in [-0.2, -0.15) is 5.10 Å². The van der Waals surface area contributed by atoms with Crippen molar-refractivity contribution in [3.8, 4) is 0 Å². The van der Waals surface area contributed by atoms with E-state index in [2.05, 4.69) is 15.1 Å². The molecule has 1 amide bonds. The highest BCUT2D eigenvalue weighted by Gasteiger charge is 2.24. The fraction of sp³-hybridized carbons (Fsp3) is 0.667. The molecule has 0 aliphatic carbocycles. The average molecular weight is 290 g/mol. The van der Waals surface area contributed by atoms with Crippen LogP contribution in [0.1, 0.15) is 25.7 Å². The van der Waals surface area contributed by atoms with Crippen molar-refractivity contribution >= 4 is 11.7 Å². The van der Waals surface area contributed by atoms with E-state index in [0.717, 1.165) is 57.9 Å². The number of aromatic nitrogens is 2. The van der Waals surface area contributed by atoms with E-state index in [1.54, 1.807) is 6.20 Å². The van der Waals surface area contributed by atoms with Gasteiger partial charge in [0.05, 0.1) is 12.5 Å². The van der Waals surface area contributed by atoms with Gasteiger partial charge in [0.25, 0.3) is 0 Å². The first-order chi connectivity index (χ1) is 10.3. The van der Waals surface area contributed by atoms with Crippen molar-refractivity contribution in [1.82, 2.24) is 15.1 Å². The molecule has 2 aliphatic rings. The maximum atomic E-state index is 12.3. The molecule has 2 fully saturated rings. The molecule has 114 valence electrons. The minimum absolute atomic E-state index is 0.136. The molecule has 21 heavy (non-hydrogen) atoms. The summed E-state index contributed by atoms with van der Waals surface area (Å²) >= 11 is 0. The number of hydrogen-bond acceptors (Lipinski definition) is 5. The van der Waals surface area contributed by atoms with Crippen molar-refractivity contribution in [1.29, 1.82) is 0 Å². The Balaban J connectivity index is 1.54. The van der Waals surface area contributed by atoms with E-state index in [4.69, 9.17) is 4.74 Å². The Morgan fingerprint density at radius 1 is 1.29 bits per heavy atom. The first kappa shape index (κ1) is 14.3. The van der Waals surface area contributed by atoms with Gasteiger partial charge >= 0.3 is 0 Å². The highest BCUT2D eigenvalue weighted by atomic mass is 16.5. The number of nitrogens with zero attached hydrogens (tertiary/aromatic N) is 4. The lowest BCUT2D eigenvalue weighted by atomic mass is 10.1. The maximum Gasteiger partial charge on any atom is 0.225 e. The number of amides is 1. The number of carbonyl (C=O) groups is 1. The Labute approximate surface area is 125 Å². The topological polar surface area (TPSA) is 58.6 Å². The fourth-order valence-electron chi connectivity index (χ4n) is 2.99. The Morgan fingerprint density at radius 2 is 2.24 bits per heavy atom. The van der Waals surface area contributed by atoms with Crippen LogP contribution in [0.4, 0.5) is 5.82 Å². The summed E-state index contributed by atoms with van der Waals surface area (Å²) in [5, 5.41) is 8.07. The van der Waals surface area contributed by atoms with E-state index < -0.39 is 0 Å². The minimum Gasteiger partial charge on any atom is -0.378 e. The van der Waals surface area contributed by atoms with Crippen LogP contribution in [-0.2, 0) is 9.53 Å². The molecule has 2 aliphatic heterocycles.